The van der Waals surface area contributed by atoms with Crippen molar-refractivity contribution < 1.29 is 34.6 Å². The Morgan fingerprint density at radius 1 is 0.800 bits per heavy atom. The van der Waals surface area contributed by atoms with Gasteiger partial charge in [0.1, 0.15) is 0 Å². The number of aliphatic hydroxyl groups is 1. The van der Waals surface area contributed by atoms with E-state index in [2.05, 4.69) is 158 Å². The Kier molecular flexibility index (Phi) is 13.6. The fraction of sp³-hybridized carbons (Fsp3) is 0.422. The van der Waals surface area contributed by atoms with Crippen molar-refractivity contribution >= 4 is 48.1 Å². The number of rotatable bonds is 8. The van der Waals surface area contributed by atoms with Gasteiger partial charge in [-0.3, -0.25) is 4.79 Å². The number of ketones is 1. The average molecular weight is 869 g/mol. The summed E-state index contributed by atoms with van der Waals surface area (Å²) in [5, 5.41) is 15.4. The maximum absolute atomic E-state index is 12.3. The van der Waals surface area contributed by atoms with E-state index in [0.717, 1.165) is 11.3 Å². The minimum atomic E-state index is -0.0119. The number of fused-ring (bicyclic) bond motifs is 4. The van der Waals surface area contributed by atoms with Gasteiger partial charge in [-0.15, -0.1) is 34.4 Å². The van der Waals surface area contributed by atoms with Gasteiger partial charge in [-0.1, -0.05) is 117 Å². The molecule has 3 nitrogen and oxygen atoms in total. The van der Waals surface area contributed by atoms with Gasteiger partial charge in [-0.05, 0) is 64.5 Å². The van der Waals surface area contributed by atoms with E-state index >= 15 is 0 Å². The summed E-state index contributed by atoms with van der Waals surface area (Å²) in [6, 6.07) is 19.9. The summed E-state index contributed by atoms with van der Waals surface area (Å²) < 4.78 is 4.60. The van der Waals surface area contributed by atoms with E-state index in [0.29, 0.717) is 23.7 Å². The minimum Gasteiger partial charge on any atom is -0.512 e. The molecule has 0 atom stereocenters. The van der Waals surface area contributed by atoms with Crippen LogP contribution in [0.5, 0.6) is 0 Å². The standard InChI is InChI=1S/C28H26NS.C17H32O2.Ir/c1-17-11-12-21-22-13-14-29(6)26(27(22)30-25(21)15-17)23-16-24(28(3,4)5)20-10-8-7-9-19(20)18(23)2;1-10(2)16(11(3)4)14(18)9-15(19)17(12(5)6)13(7)8;/h7-16H,2,6H2,1,3-5H3;9-13,16-18H,1-8H3;/q-1;;/b;14-9-;. The molecule has 2 aromatic heterocycles. The third-order valence-corrected chi connectivity index (χ3v) is 11.0. The van der Waals surface area contributed by atoms with Crippen LogP contribution in [0, 0.1) is 56.4 Å². The molecular weight excluding hydrogens is 811 g/mol. The van der Waals surface area contributed by atoms with Gasteiger partial charge in [0, 0.05) is 54.5 Å². The predicted octanol–water partition coefficient (Wildman–Crippen LogP) is 12.4. The summed E-state index contributed by atoms with van der Waals surface area (Å²) in [6.07, 6.45) is 3.56. The van der Waals surface area contributed by atoms with Crippen molar-refractivity contribution in [1.82, 2.24) is 0 Å². The van der Waals surface area contributed by atoms with Crippen molar-refractivity contribution in [1.29, 1.82) is 0 Å². The van der Waals surface area contributed by atoms with Gasteiger partial charge in [-0.2, -0.15) is 12.5 Å². The summed E-state index contributed by atoms with van der Waals surface area (Å²) >= 11 is 1.85. The molecule has 5 heteroatoms. The summed E-state index contributed by atoms with van der Waals surface area (Å²) in [7, 11) is 4.34. The number of pyridine rings is 1. The molecule has 1 N–H and O–H groups in total. The van der Waals surface area contributed by atoms with Crippen LogP contribution in [0.25, 0.3) is 42.2 Å². The summed E-state index contributed by atoms with van der Waals surface area (Å²) in [4.78, 5) is 12.3. The van der Waals surface area contributed by atoms with Crippen LogP contribution in [0.1, 0.15) is 92.9 Å². The Balaban J connectivity index is 0.000000296. The molecule has 0 saturated carbocycles. The Morgan fingerprint density at radius 3 is 1.90 bits per heavy atom. The zero-order valence-electron chi connectivity index (χ0n) is 32.3. The zero-order valence-corrected chi connectivity index (χ0v) is 35.5. The number of aliphatic hydroxyl groups excluding tert-OH is 1. The first kappa shape index (κ1) is 41.3. The molecule has 1 radical (unpaired) electrons. The number of carbonyl (C=O) groups is 1. The number of allylic oxidation sites excluding steroid dienone is 2. The van der Waals surface area contributed by atoms with Crippen molar-refractivity contribution in [3.8, 4) is 11.3 Å². The SMILES string of the molecule is CC(C)C(C(=O)/C=C(\O)C(C(C)C)C(C)C)C(C)C.[CH2-]c1c(-c2c3sc4cc(C)ccc4c3cc[n+]2[CH2-])cc(C(C)(C)C)c2ccccc12.[Ir]. The van der Waals surface area contributed by atoms with Crippen LogP contribution < -0.4 is 4.57 Å². The van der Waals surface area contributed by atoms with Gasteiger partial charge in [0.2, 0.25) is 0 Å². The molecule has 271 valence electrons. The molecule has 0 aliphatic rings. The second-order valence-corrected chi connectivity index (χ2v) is 17.3. The van der Waals surface area contributed by atoms with E-state index in [4.69, 9.17) is 0 Å². The van der Waals surface area contributed by atoms with Crippen LogP contribution >= 0.6 is 11.3 Å². The summed E-state index contributed by atoms with van der Waals surface area (Å²) in [5.74, 6) is 1.63. The molecule has 0 unspecified atom stereocenters. The number of thiophene rings is 1. The maximum atomic E-state index is 12.3. The van der Waals surface area contributed by atoms with E-state index in [1.54, 1.807) is 0 Å². The van der Waals surface area contributed by atoms with Crippen molar-refractivity contribution in [2.24, 2.45) is 35.5 Å². The van der Waals surface area contributed by atoms with Crippen LogP contribution in [0.15, 0.2) is 72.6 Å². The van der Waals surface area contributed by atoms with Gasteiger partial charge in [0.05, 0.1) is 17.6 Å². The summed E-state index contributed by atoms with van der Waals surface area (Å²) in [5.41, 5.74) is 6.04. The molecular formula is C45H58IrNO2S-. The number of carbonyl (C=O) groups excluding carboxylic acids is 1. The van der Waals surface area contributed by atoms with Gasteiger partial charge < -0.3 is 9.67 Å². The molecule has 50 heavy (non-hydrogen) atoms. The van der Waals surface area contributed by atoms with Crippen molar-refractivity contribution in [3.63, 3.8) is 0 Å². The molecule has 3 aromatic carbocycles. The molecule has 0 aliphatic heterocycles. The van der Waals surface area contributed by atoms with E-state index in [-0.39, 0.29) is 48.9 Å². The smallest absolute Gasteiger partial charge is 0.162 e. The Bertz CT molecular complexity index is 1970. The fourth-order valence-corrected chi connectivity index (χ4v) is 9.06. The average Bonchev–Trinajstić information content (AvgIpc) is 3.34. The van der Waals surface area contributed by atoms with E-state index in [1.807, 2.05) is 15.9 Å². The predicted molar refractivity (Wildman–Crippen MR) is 213 cm³/mol. The molecule has 5 rings (SSSR count). The monoisotopic (exact) mass is 869 g/mol. The van der Waals surface area contributed by atoms with E-state index in [9.17, 15) is 9.90 Å². The Hall–Kier alpha value is -3.11. The first-order valence-corrected chi connectivity index (χ1v) is 18.7. The Morgan fingerprint density at radius 2 is 1.36 bits per heavy atom. The van der Waals surface area contributed by atoms with Gasteiger partial charge in [0.15, 0.2) is 5.78 Å². The van der Waals surface area contributed by atoms with E-state index in [1.165, 1.54) is 53.7 Å². The maximum Gasteiger partial charge on any atom is 0.162 e. The van der Waals surface area contributed by atoms with Crippen LogP contribution in [-0.4, -0.2) is 10.9 Å². The van der Waals surface area contributed by atoms with Crippen molar-refractivity contribution in [3.05, 3.63) is 103 Å². The van der Waals surface area contributed by atoms with Crippen LogP contribution in [-0.2, 0) is 30.3 Å². The fourth-order valence-electron chi connectivity index (χ4n) is 7.70. The largest absolute Gasteiger partial charge is 0.512 e. The first-order valence-electron chi connectivity index (χ1n) is 17.9. The van der Waals surface area contributed by atoms with Crippen molar-refractivity contribution in [2.45, 2.75) is 88.5 Å². The molecule has 0 saturated heterocycles. The number of benzene rings is 3. The second kappa shape index (κ2) is 16.5. The third-order valence-electron chi connectivity index (χ3n) is 9.86. The number of hydrogen-bond acceptors (Lipinski definition) is 3. The summed E-state index contributed by atoms with van der Waals surface area (Å²) in [6.45, 7) is 30.1. The molecule has 0 bridgehead atoms. The zero-order chi connectivity index (χ0) is 36.5. The number of hydrogen-bond donors (Lipinski definition) is 1. The van der Waals surface area contributed by atoms with Gasteiger partial charge in [-0.25, -0.2) is 0 Å². The Labute approximate surface area is 319 Å². The number of aromatic nitrogens is 1. The first-order chi connectivity index (χ1) is 22.8. The number of aryl methyl sites for hydroxylation is 1. The van der Waals surface area contributed by atoms with Crippen molar-refractivity contribution in [2.75, 3.05) is 0 Å². The molecule has 0 aliphatic carbocycles. The quantitative estimate of drug-likeness (QED) is 0.0730. The van der Waals surface area contributed by atoms with Crippen LogP contribution in [0.4, 0.5) is 0 Å². The number of nitrogens with zero attached hydrogens (tertiary/aromatic N) is 1. The van der Waals surface area contributed by atoms with Gasteiger partial charge >= 0.3 is 0 Å². The molecule has 5 aromatic rings. The minimum absolute atomic E-state index is 0. The second-order valence-electron chi connectivity index (χ2n) is 16.2. The normalized spacial score (nSPS) is 12.6. The molecule has 0 spiro atoms. The van der Waals surface area contributed by atoms with Gasteiger partial charge in [0.25, 0.3) is 0 Å². The topological polar surface area (TPSA) is 41.2 Å². The molecule has 2 heterocycles. The van der Waals surface area contributed by atoms with Crippen LogP contribution in [0.3, 0.4) is 0 Å². The molecule has 0 amide bonds. The van der Waals surface area contributed by atoms with E-state index < -0.39 is 0 Å². The van der Waals surface area contributed by atoms with Crippen LogP contribution in [0.2, 0.25) is 0 Å². The third kappa shape index (κ3) is 8.67. The molecule has 0 fully saturated rings.